The number of sulfonamides is 1. The molecule has 6 heteroatoms. The van der Waals surface area contributed by atoms with Crippen molar-refractivity contribution in [3.8, 4) is 0 Å². The molecule has 2 saturated carbocycles. The number of thiocarbonyl (C=S) groups is 1. The molecule has 0 amide bonds. The SMILES string of the molecule is Cc1cc(C(N)=S)ccc1S(=O)(=O)N(CC1CC1)C1CC1. The number of benzene rings is 1. The van der Waals surface area contributed by atoms with E-state index in [1.165, 1.54) is 0 Å². The van der Waals surface area contributed by atoms with Gasteiger partial charge in [-0.05, 0) is 56.2 Å². The molecule has 0 heterocycles. The van der Waals surface area contributed by atoms with Gasteiger partial charge in [0.15, 0.2) is 0 Å². The van der Waals surface area contributed by atoms with Gasteiger partial charge in [0.25, 0.3) is 0 Å². The largest absolute Gasteiger partial charge is 0.389 e. The maximum absolute atomic E-state index is 12.9. The molecule has 1 aromatic rings. The van der Waals surface area contributed by atoms with E-state index in [2.05, 4.69) is 0 Å². The van der Waals surface area contributed by atoms with Crippen molar-refractivity contribution in [1.29, 1.82) is 0 Å². The van der Waals surface area contributed by atoms with Crippen LogP contribution in [0.3, 0.4) is 0 Å². The van der Waals surface area contributed by atoms with Crippen LogP contribution in [0.5, 0.6) is 0 Å². The quantitative estimate of drug-likeness (QED) is 0.815. The first-order chi connectivity index (χ1) is 9.89. The van der Waals surface area contributed by atoms with E-state index >= 15 is 0 Å². The Hall–Kier alpha value is -0.980. The van der Waals surface area contributed by atoms with Crippen molar-refractivity contribution < 1.29 is 8.42 Å². The van der Waals surface area contributed by atoms with E-state index in [0.717, 1.165) is 25.7 Å². The van der Waals surface area contributed by atoms with Crippen molar-refractivity contribution >= 4 is 27.2 Å². The summed E-state index contributed by atoms with van der Waals surface area (Å²) in [5.41, 5.74) is 7.03. The summed E-state index contributed by atoms with van der Waals surface area (Å²) in [4.78, 5) is 0.675. The van der Waals surface area contributed by atoms with Gasteiger partial charge in [-0.1, -0.05) is 18.3 Å². The van der Waals surface area contributed by atoms with Crippen LogP contribution in [0.1, 0.15) is 36.8 Å². The summed E-state index contributed by atoms with van der Waals surface area (Å²) in [6.07, 6.45) is 4.27. The maximum Gasteiger partial charge on any atom is 0.243 e. The predicted octanol–water partition coefficient (Wildman–Crippen LogP) is 2.19. The van der Waals surface area contributed by atoms with Gasteiger partial charge in [-0.3, -0.25) is 0 Å². The summed E-state index contributed by atoms with van der Waals surface area (Å²) in [5, 5.41) is 0. The lowest BCUT2D eigenvalue weighted by molar-refractivity contribution is 0.388. The maximum atomic E-state index is 12.9. The fourth-order valence-electron chi connectivity index (χ4n) is 2.58. The van der Waals surface area contributed by atoms with Crippen LogP contribution in [-0.4, -0.2) is 30.3 Å². The zero-order valence-electron chi connectivity index (χ0n) is 12.1. The highest BCUT2D eigenvalue weighted by molar-refractivity contribution is 7.89. The normalized spacial score (nSPS) is 19.0. The molecule has 2 aliphatic rings. The van der Waals surface area contributed by atoms with Crippen molar-refractivity contribution in [3.05, 3.63) is 29.3 Å². The van der Waals surface area contributed by atoms with Crippen molar-refractivity contribution in [1.82, 2.24) is 4.31 Å². The molecular weight excluding hydrogens is 304 g/mol. The molecular formula is C15H20N2O2S2. The molecule has 0 bridgehead atoms. The molecule has 0 aliphatic heterocycles. The second-order valence-electron chi connectivity index (χ2n) is 6.09. The van der Waals surface area contributed by atoms with Gasteiger partial charge in [0, 0.05) is 18.2 Å². The first kappa shape index (κ1) is 14.9. The van der Waals surface area contributed by atoms with Crippen molar-refractivity contribution in [2.24, 2.45) is 11.7 Å². The van der Waals surface area contributed by atoms with Crippen LogP contribution in [0.2, 0.25) is 0 Å². The van der Waals surface area contributed by atoms with Gasteiger partial charge in [0.1, 0.15) is 4.99 Å². The highest BCUT2D eigenvalue weighted by atomic mass is 32.2. The van der Waals surface area contributed by atoms with Gasteiger partial charge in [0.2, 0.25) is 10.0 Å². The Morgan fingerprint density at radius 2 is 2.00 bits per heavy atom. The van der Waals surface area contributed by atoms with Gasteiger partial charge in [-0.15, -0.1) is 0 Å². The minimum absolute atomic E-state index is 0.199. The van der Waals surface area contributed by atoms with E-state index in [4.69, 9.17) is 18.0 Å². The van der Waals surface area contributed by atoms with Crippen LogP contribution in [0, 0.1) is 12.8 Å². The van der Waals surface area contributed by atoms with Crippen molar-refractivity contribution in [2.45, 2.75) is 43.5 Å². The van der Waals surface area contributed by atoms with E-state index < -0.39 is 10.0 Å². The van der Waals surface area contributed by atoms with Gasteiger partial charge >= 0.3 is 0 Å². The van der Waals surface area contributed by atoms with E-state index in [1.54, 1.807) is 29.4 Å². The molecule has 0 aromatic heterocycles. The van der Waals surface area contributed by atoms with Gasteiger partial charge in [0.05, 0.1) is 4.90 Å². The minimum atomic E-state index is -3.42. The van der Waals surface area contributed by atoms with Crippen LogP contribution >= 0.6 is 12.2 Å². The highest BCUT2D eigenvalue weighted by Gasteiger charge is 2.41. The molecule has 2 N–H and O–H groups in total. The van der Waals surface area contributed by atoms with E-state index in [1.807, 2.05) is 0 Å². The van der Waals surface area contributed by atoms with Crippen LogP contribution in [0.15, 0.2) is 23.1 Å². The molecule has 0 spiro atoms. The first-order valence-corrected chi connectivity index (χ1v) is 9.16. The lowest BCUT2D eigenvalue weighted by atomic mass is 10.1. The Balaban J connectivity index is 1.94. The fraction of sp³-hybridized carbons (Fsp3) is 0.533. The van der Waals surface area contributed by atoms with Gasteiger partial charge in [-0.2, -0.15) is 4.31 Å². The van der Waals surface area contributed by atoms with Crippen LogP contribution in [-0.2, 0) is 10.0 Å². The number of nitrogens with two attached hydrogens (primary N) is 1. The Morgan fingerprint density at radius 3 is 2.48 bits per heavy atom. The van der Waals surface area contributed by atoms with Crippen LogP contribution in [0.4, 0.5) is 0 Å². The topological polar surface area (TPSA) is 63.4 Å². The highest BCUT2D eigenvalue weighted by Crippen LogP contribution is 2.38. The summed E-state index contributed by atoms with van der Waals surface area (Å²) in [6, 6.07) is 5.30. The monoisotopic (exact) mass is 324 g/mol. The summed E-state index contributed by atoms with van der Waals surface area (Å²) in [5.74, 6) is 0.552. The first-order valence-electron chi connectivity index (χ1n) is 7.32. The lowest BCUT2D eigenvalue weighted by Gasteiger charge is -2.23. The third-order valence-corrected chi connectivity index (χ3v) is 6.45. The molecule has 2 aliphatic carbocycles. The smallest absolute Gasteiger partial charge is 0.243 e. The molecule has 0 radical (unpaired) electrons. The molecule has 21 heavy (non-hydrogen) atoms. The molecule has 0 atom stereocenters. The third-order valence-electron chi connectivity index (χ3n) is 4.14. The number of hydrogen-bond acceptors (Lipinski definition) is 3. The molecule has 1 aromatic carbocycles. The number of nitrogens with zero attached hydrogens (tertiary/aromatic N) is 1. The Morgan fingerprint density at radius 1 is 1.33 bits per heavy atom. The molecule has 114 valence electrons. The molecule has 0 unspecified atom stereocenters. The zero-order valence-corrected chi connectivity index (χ0v) is 13.7. The molecule has 3 rings (SSSR count). The van der Waals surface area contributed by atoms with Crippen molar-refractivity contribution in [3.63, 3.8) is 0 Å². The van der Waals surface area contributed by atoms with E-state index in [0.29, 0.717) is 33.5 Å². The molecule has 0 saturated heterocycles. The third kappa shape index (κ3) is 3.12. The Bertz CT molecular complexity index is 677. The molecule has 4 nitrogen and oxygen atoms in total. The summed E-state index contributed by atoms with van der Waals surface area (Å²) < 4.78 is 27.6. The summed E-state index contributed by atoms with van der Waals surface area (Å²) in [7, 11) is -3.42. The number of rotatable bonds is 6. The van der Waals surface area contributed by atoms with E-state index in [-0.39, 0.29) is 6.04 Å². The van der Waals surface area contributed by atoms with Gasteiger partial charge < -0.3 is 5.73 Å². The van der Waals surface area contributed by atoms with E-state index in [9.17, 15) is 8.42 Å². The Labute approximate surface area is 131 Å². The second kappa shape index (κ2) is 5.34. The van der Waals surface area contributed by atoms with Gasteiger partial charge in [-0.25, -0.2) is 8.42 Å². The van der Waals surface area contributed by atoms with Crippen LogP contribution in [0.25, 0.3) is 0 Å². The minimum Gasteiger partial charge on any atom is -0.389 e. The number of aryl methyl sites for hydroxylation is 1. The zero-order chi connectivity index (χ0) is 15.2. The standard InChI is InChI=1S/C15H20N2O2S2/c1-10-8-12(15(16)20)4-7-14(10)21(18,19)17(13-5-6-13)9-11-2-3-11/h4,7-8,11,13H,2-3,5-6,9H2,1H3,(H2,16,20). The van der Waals surface area contributed by atoms with Crippen LogP contribution < -0.4 is 5.73 Å². The number of hydrogen-bond donors (Lipinski definition) is 1. The summed E-state index contributed by atoms with van der Waals surface area (Å²) >= 11 is 4.94. The lowest BCUT2D eigenvalue weighted by Crippen LogP contribution is -2.35. The fourth-order valence-corrected chi connectivity index (χ4v) is 4.68. The average Bonchev–Trinajstić information content (AvgIpc) is 3.27. The summed E-state index contributed by atoms with van der Waals surface area (Å²) in [6.45, 7) is 2.47. The van der Waals surface area contributed by atoms with Crippen molar-refractivity contribution in [2.75, 3.05) is 6.54 Å². The Kier molecular flexibility index (Phi) is 3.80. The average molecular weight is 324 g/mol. The molecule has 2 fully saturated rings. The second-order valence-corrected chi connectivity index (χ2v) is 8.39. The predicted molar refractivity (Wildman–Crippen MR) is 86.7 cm³/mol.